The van der Waals surface area contributed by atoms with Gasteiger partial charge in [-0.2, -0.15) is 0 Å². The molecule has 3 heterocycles. The molecule has 142 valence electrons. The van der Waals surface area contributed by atoms with Crippen LogP contribution >= 0.6 is 0 Å². The molecule has 2 amide bonds. The number of anilines is 1. The van der Waals surface area contributed by atoms with Gasteiger partial charge >= 0.3 is 0 Å². The molecule has 0 bridgehead atoms. The van der Waals surface area contributed by atoms with E-state index in [2.05, 4.69) is 32.2 Å². The van der Waals surface area contributed by atoms with Crippen molar-refractivity contribution in [3.63, 3.8) is 0 Å². The van der Waals surface area contributed by atoms with Crippen LogP contribution in [-0.4, -0.2) is 57.3 Å². The van der Waals surface area contributed by atoms with Gasteiger partial charge in [0, 0.05) is 37.8 Å². The van der Waals surface area contributed by atoms with Crippen molar-refractivity contribution < 1.29 is 9.59 Å². The number of amides is 2. The number of hydrogen-bond acceptors (Lipinski definition) is 5. The number of H-pyrrole nitrogens is 1. The molecule has 2 atom stereocenters. The summed E-state index contributed by atoms with van der Waals surface area (Å²) in [7, 11) is 0. The molecule has 8 heteroatoms. The normalized spacial score (nSPS) is 22.0. The van der Waals surface area contributed by atoms with Gasteiger partial charge in [0.05, 0.1) is 11.8 Å². The van der Waals surface area contributed by atoms with Crippen molar-refractivity contribution in [1.29, 1.82) is 0 Å². The van der Waals surface area contributed by atoms with E-state index < -0.39 is 0 Å². The molecule has 8 nitrogen and oxygen atoms in total. The molecule has 27 heavy (non-hydrogen) atoms. The van der Waals surface area contributed by atoms with Crippen LogP contribution in [0.4, 0.5) is 5.82 Å². The van der Waals surface area contributed by atoms with E-state index in [0.29, 0.717) is 47.5 Å². The van der Waals surface area contributed by atoms with E-state index in [-0.39, 0.29) is 17.9 Å². The first kappa shape index (κ1) is 17.5. The van der Waals surface area contributed by atoms with Gasteiger partial charge in [0.2, 0.25) is 5.91 Å². The van der Waals surface area contributed by atoms with Crippen LogP contribution in [0, 0.1) is 11.8 Å². The van der Waals surface area contributed by atoms with Crippen LogP contribution in [0.1, 0.15) is 30.1 Å². The Kier molecular flexibility index (Phi) is 4.55. The second kappa shape index (κ2) is 7.02. The lowest BCUT2D eigenvalue weighted by atomic mass is 9.98. The molecule has 1 saturated carbocycles. The molecular weight excluding hydrogens is 344 g/mol. The molecule has 3 N–H and O–H groups in total. The Balaban J connectivity index is 1.56. The Hall–Kier alpha value is -2.90. The van der Waals surface area contributed by atoms with Crippen LogP contribution < -0.4 is 10.6 Å². The van der Waals surface area contributed by atoms with E-state index in [1.165, 1.54) is 18.9 Å². The monoisotopic (exact) mass is 368 g/mol. The van der Waals surface area contributed by atoms with Crippen molar-refractivity contribution >= 4 is 28.8 Å². The third kappa shape index (κ3) is 3.39. The lowest BCUT2D eigenvalue weighted by Crippen LogP contribution is -2.31. The van der Waals surface area contributed by atoms with Gasteiger partial charge in [-0.15, -0.1) is 0 Å². The van der Waals surface area contributed by atoms with Crippen LogP contribution in [0.5, 0.6) is 0 Å². The van der Waals surface area contributed by atoms with E-state index in [1.54, 1.807) is 12.4 Å². The van der Waals surface area contributed by atoms with Crippen LogP contribution in [-0.2, 0) is 4.79 Å². The highest BCUT2D eigenvalue weighted by atomic mass is 16.2. The highest BCUT2D eigenvalue weighted by Gasteiger charge is 2.43. The van der Waals surface area contributed by atoms with Crippen LogP contribution in [0.15, 0.2) is 25.0 Å². The molecule has 4 rings (SSSR count). The largest absolute Gasteiger partial charge is 0.364 e. The van der Waals surface area contributed by atoms with E-state index in [0.717, 1.165) is 6.54 Å². The lowest BCUT2D eigenvalue weighted by molar-refractivity contribution is -0.125. The van der Waals surface area contributed by atoms with Crippen molar-refractivity contribution in [2.45, 2.75) is 25.8 Å². The molecule has 0 aromatic carbocycles. The number of fused-ring (bicyclic) bond motifs is 1. The zero-order valence-corrected chi connectivity index (χ0v) is 15.4. The maximum absolute atomic E-state index is 12.2. The second-order valence-corrected chi connectivity index (χ2v) is 7.21. The molecule has 0 unspecified atom stereocenters. The highest BCUT2D eigenvalue weighted by molar-refractivity contribution is 6.04. The molecule has 2 fully saturated rings. The summed E-state index contributed by atoms with van der Waals surface area (Å²) in [6, 6.07) is 0.125. The minimum Gasteiger partial charge on any atom is -0.364 e. The summed E-state index contributed by atoms with van der Waals surface area (Å²) in [5.74, 6) is 1.47. The Bertz CT molecular complexity index is 887. The van der Waals surface area contributed by atoms with Gasteiger partial charge in [0.25, 0.3) is 5.91 Å². The Morgan fingerprint density at radius 2 is 2.22 bits per heavy atom. The summed E-state index contributed by atoms with van der Waals surface area (Å²) in [6.45, 7) is 7.39. The van der Waals surface area contributed by atoms with Gasteiger partial charge in [-0.1, -0.05) is 6.58 Å². The number of aromatic amines is 1. The molecule has 1 aliphatic heterocycles. The summed E-state index contributed by atoms with van der Waals surface area (Å²) in [4.78, 5) is 38.1. The van der Waals surface area contributed by atoms with Crippen molar-refractivity contribution in [3.05, 3.63) is 30.6 Å². The number of nitrogens with one attached hydrogen (secondary N) is 3. The fraction of sp³-hybridized carbons (Fsp3) is 0.474. The first-order chi connectivity index (χ1) is 13.1. The average Bonchev–Trinajstić information content (AvgIpc) is 3.29. The number of aromatic nitrogens is 3. The van der Waals surface area contributed by atoms with Gasteiger partial charge < -0.3 is 20.5 Å². The third-order valence-electron chi connectivity index (χ3n) is 5.37. The summed E-state index contributed by atoms with van der Waals surface area (Å²) in [5, 5.41) is 6.24. The van der Waals surface area contributed by atoms with Crippen molar-refractivity contribution in [2.24, 2.45) is 11.8 Å². The zero-order valence-electron chi connectivity index (χ0n) is 15.4. The highest BCUT2D eigenvalue weighted by Crippen LogP contribution is 2.42. The Morgan fingerprint density at radius 3 is 2.93 bits per heavy atom. The van der Waals surface area contributed by atoms with Crippen molar-refractivity contribution in [3.8, 4) is 0 Å². The number of hydrogen-bond donors (Lipinski definition) is 3. The van der Waals surface area contributed by atoms with E-state index in [4.69, 9.17) is 0 Å². The quantitative estimate of drug-likeness (QED) is 0.671. The standard InChI is InChI=1S/C19H24N6O2/c1-3-16(26)25-9-13(11-5-6-11)14(10-25)23-15-8-22-18-17(24-15)12(7-21-18)19(27)20-4-2/h3,7-8,11,13-14H,1,4-6,9-10H2,2H3,(H,20,27)(H,21,22)(H,23,24)/t13-,14-/m0/s1. The predicted molar refractivity (Wildman–Crippen MR) is 102 cm³/mol. The lowest BCUT2D eigenvalue weighted by Gasteiger charge is -2.19. The minimum atomic E-state index is -0.172. The van der Waals surface area contributed by atoms with Gasteiger partial charge in [-0.25, -0.2) is 9.97 Å². The fourth-order valence-electron chi connectivity index (χ4n) is 3.87. The molecule has 0 radical (unpaired) electrons. The molecular formula is C19H24N6O2. The maximum Gasteiger partial charge on any atom is 0.255 e. The maximum atomic E-state index is 12.2. The smallest absolute Gasteiger partial charge is 0.255 e. The third-order valence-corrected chi connectivity index (χ3v) is 5.37. The summed E-state index contributed by atoms with van der Waals surface area (Å²) >= 11 is 0. The molecule has 2 aromatic rings. The first-order valence-electron chi connectivity index (χ1n) is 9.41. The number of likely N-dealkylation sites (tertiary alicyclic amines) is 1. The summed E-state index contributed by atoms with van der Waals surface area (Å²) < 4.78 is 0. The van der Waals surface area contributed by atoms with E-state index >= 15 is 0 Å². The van der Waals surface area contributed by atoms with Crippen molar-refractivity contribution in [1.82, 2.24) is 25.2 Å². The zero-order chi connectivity index (χ0) is 19.0. The fourth-order valence-corrected chi connectivity index (χ4v) is 3.87. The summed E-state index contributed by atoms with van der Waals surface area (Å²) in [6.07, 6.45) is 7.09. The number of carbonyl (C=O) groups excluding carboxylic acids is 2. The number of carbonyl (C=O) groups is 2. The molecule has 1 saturated heterocycles. The first-order valence-corrected chi connectivity index (χ1v) is 9.41. The second-order valence-electron chi connectivity index (χ2n) is 7.21. The molecule has 1 aliphatic carbocycles. The van der Waals surface area contributed by atoms with Gasteiger partial charge in [0.1, 0.15) is 11.3 Å². The van der Waals surface area contributed by atoms with Gasteiger partial charge in [-0.05, 0) is 31.8 Å². The molecule has 0 spiro atoms. The average molecular weight is 368 g/mol. The SMILES string of the molecule is C=CC(=O)N1C[C@H](Nc2cnc3[nH]cc(C(=O)NCC)c3n2)[C@H](C2CC2)C1. The topological polar surface area (TPSA) is 103 Å². The van der Waals surface area contributed by atoms with Crippen molar-refractivity contribution in [2.75, 3.05) is 25.0 Å². The summed E-state index contributed by atoms with van der Waals surface area (Å²) in [5.41, 5.74) is 1.61. The van der Waals surface area contributed by atoms with Gasteiger partial charge in [0.15, 0.2) is 5.65 Å². The van der Waals surface area contributed by atoms with Crippen LogP contribution in [0.2, 0.25) is 0 Å². The molecule has 2 aliphatic rings. The number of nitrogens with zero attached hydrogens (tertiary/aromatic N) is 3. The Labute approximate surface area is 157 Å². The molecule has 2 aromatic heterocycles. The predicted octanol–water partition coefficient (Wildman–Crippen LogP) is 1.54. The Morgan fingerprint density at radius 1 is 1.41 bits per heavy atom. The van der Waals surface area contributed by atoms with Crippen LogP contribution in [0.3, 0.4) is 0 Å². The minimum absolute atomic E-state index is 0.0318. The van der Waals surface area contributed by atoms with E-state index in [9.17, 15) is 9.59 Å². The van der Waals surface area contributed by atoms with Crippen LogP contribution in [0.25, 0.3) is 11.2 Å². The van der Waals surface area contributed by atoms with Gasteiger partial charge in [-0.3, -0.25) is 9.59 Å². The number of rotatable bonds is 6. The van der Waals surface area contributed by atoms with E-state index in [1.807, 2.05) is 11.8 Å².